The first kappa shape index (κ1) is 18.6. The summed E-state index contributed by atoms with van der Waals surface area (Å²) in [7, 11) is 0. The van der Waals surface area contributed by atoms with Gasteiger partial charge >= 0.3 is 0 Å². The van der Waals surface area contributed by atoms with E-state index < -0.39 is 0 Å². The molecule has 0 atom stereocenters. The molecule has 28 heavy (non-hydrogen) atoms. The van der Waals surface area contributed by atoms with Crippen molar-refractivity contribution in [3.8, 4) is 5.75 Å². The highest BCUT2D eigenvalue weighted by Gasteiger charge is 2.16. The molecule has 4 rings (SSSR count). The van der Waals surface area contributed by atoms with E-state index in [-0.39, 0.29) is 12.4 Å². The van der Waals surface area contributed by atoms with Gasteiger partial charge in [-0.2, -0.15) is 0 Å². The second kappa shape index (κ2) is 8.09. The van der Waals surface area contributed by atoms with Gasteiger partial charge in [0.2, 0.25) is 5.78 Å². The number of fused-ring (bicyclic) bond motifs is 1. The number of rotatable bonds is 6. The first-order chi connectivity index (χ1) is 13.6. The number of hydrogen-bond acceptors (Lipinski definition) is 2. The van der Waals surface area contributed by atoms with E-state index in [0.29, 0.717) is 27.9 Å². The summed E-state index contributed by atoms with van der Waals surface area (Å²) < 4.78 is 7.68. The molecule has 0 spiro atoms. The molecular weight excluding hydrogens is 393 g/mol. The zero-order valence-corrected chi connectivity index (χ0v) is 16.5. The number of nitrogens with zero attached hydrogens (tertiary/aromatic N) is 1. The second-order valence-corrected chi connectivity index (χ2v) is 7.28. The van der Waals surface area contributed by atoms with Crippen LogP contribution in [0.5, 0.6) is 5.75 Å². The number of ketones is 1. The molecule has 0 N–H and O–H groups in total. The molecule has 0 radical (unpaired) electrons. The highest BCUT2D eigenvalue weighted by Crippen LogP contribution is 2.26. The van der Waals surface area contributed by atoms with Gasteiger partial charge in [0.1, 0.15) is 5.75 Å². The van der Waals surface area contributed by atoms with Gasteiger partial charge in [0.05, 0.1) is 10.0 Å². The number of ether oxygens (including phenoxy) is 1. The fourth-order valence-electron chi connectivity index (χ4n) is 3.18. The Morgan fingerprint density at radius 1 is 0.893 bits per heavy atom. The Kier molecular flexibility index (Phi) is 5.38. The van der Waals surface area contributed by atoms with Crippen LogP contribution in [0.3, 0.4) is 0 Å². The molecule has 4 aromatic rings. The van der Waals surface area contributed by atoms with E-state index >= 15 is 0 Å². The van der Waals surface area contributed by atoms with Crippen molar-refractivity contribution in [1.29, 1.82) is 0 Å². The number of benzene rings is 3. The van der Waals surface area contributed by atoms with Gasteiger partial charge in [0.25, 0.3) is 0 Å². The Hall–Kier alpha value is -2.75. The van der Waals surface area contributed by atoms with Crippen LogP contribution >= 0.6 is 23.2 Å². The van der Waals surface area contributed by atoms with Crippen molar-refractivity contribution in [2.45, 2.75) is 6.54 Å². The van der Waals surface area contributed by atoms with Gasteiger partial charge in [0.15, 0.2) is 6.61 Å². The van der Waals surface area contributed by atoms with E-state index in [9.17, 15) is 4.79 Å². The fourth-order valence-corrected chi connectivity index (χ4v) is 3.50. The van der Waals surface area contributed by atoms with Crippen LogP contribution in [0.2, 0.25) is 10.0 Å². The summed E-state index contributed by atoms with van der Waals surface area (Å²) in [6, 6.07) is 22.7. The van der Waals surface area contributed by atoms with Crippen LogP contribution in [-0.4, -0.2) is 17.0 Å². The average Bonchev–Trinajstić information content (AvgIpc) is 3.08. The molecule has 0 aliphatic heterocycles. The molecule has 3 nitrogen and oxygen atoms in total. The van der Waals surface area contributed by atoms with Gasteiger partial charge in [-0.1, -0.05) is 65.7 Å². The predicted molar refractivity (Wildman–Crippen MR) is 114 cm³/mol. The molecule has 0 bridgehead atoms. The fraction of sp³-hybridized carbons (Fsp3) is 0.0870. The van der Waals surface area contributed by atoms with Crippen molar-refractivity contribution < 1.29 is 9.53 Å². The van der Waals surface area contributed by atoms with Gasteiger partial charge in [0, 0.05) is 29.2 Å². The maximum absolute atomic E-state index is 12.8. The molecule has 0 saturated heterocycles. The van der Waals surface area contributed by atoms with Crippen molar-refractivity contribution in [1.82, 2.24) is 4.57 Å². The highest BCUT2D eigenvalue weighted by atomic mass is 35.5. The monoisotopic (exact) mass is 409 g/mol. The molecule has 0 amide bonds. The summed E-state index contributed by atoms with van der Waals surface area (Å²) in [5.41, 5.74) is 2.64. The average molecular weight is 410 g/mol. The summed E-state index contributed by atoms with van der Waals surface area (Å²) in [6.45, 7) is 0.578. The zero-order valence-electron chi connectivity index (χ0n) is 14.9. The molecular formula is C23H17Cl2NO2. The topological polar surface area (TPSA) is 31.2 Å². The van der Waals surface area contributed by atoms with Crippen LogP contribution in [0.4, 0.5) is 0 Å². The van der Waals surface area contributed by atoms with Crippen LogP contribution in [0.1, 0.15) is 15.9 Å². The maximum atomic E-state index is 12.8. The first-order valence-electron chi connectivity index (χ1n) is 8.84. The van der Waals surface area contributed by atoms with Gasteiger partial charge in [-0.15, -0.1) is 0 Å². The SMILES string of the molecule is O=C(COc1ccccc1)c1cn(Cc2ccc(Cl)c(Cl)c2)c2ccccc12. The summed E-state index contributed by atoms with van der Waals surface area (Å²) >= 11 is 12.2. The van der Waals surface area contributed by atoms with Crippen molar-refractivity contribution in [3.05, 3.63) is 100 Å². The largest absolute Gasteiger partial charge is 0.485 e. The van der Waals surface area contributed by atoms with E-state index in [4.69, 9.17) is 27.9 Å². The van der Waals surface area contributed by atoms with E-state index in [0.717, 1.165) is 16.5 Å². The third-order valence-corrected chi connectivity index (χ3v) is 5.28. The summed E-state index contributed by atoms with van der Waals surface area (Å²) in [5, 5.41) is 1.95. The van der Waals surface area contributed by atoms with Gasteiger partial charge in [-0.05, 0) is 35.9 Å². The summed E-state index contributed by atoms with van der Waals surface area (Å²) in [6.07, 6.45) is 1.88. The van der Waals surface area contributed by atoms with Crippen LogP contribution in [0.15, 0.2) is 79.0 Å². The standard InChI is InChI=1S/C23H17Cl2NO2/c24-20-11-10-16(12-21(20)25)13-26-14-19(18-8-4-5-9-22(18)26)23(27)15-28-17-6-2-1-3-7-17/h1-12,14H,13,15H2. The lowest BCUT2D eigenvalue weighted by Gasteiger charge is -2.07. The molecule has 140 valence electrons. The Balaban J connectivity index is 1.62. The lowest BCUT2D eigenvalue weighted by atomic mass is 10.1. The molecule has 0 aliphatic rings. The zero-order chi connectivity index (χ0) is 19.5. The second-order valence-electron chi connectivity index (χ2n) is 6.46. The summed E-state index contributed by atoms with van der Waals surface area (Å²) in [4.78, 5) is 12.8. The summed E-state index contributed by atoms with van der Waals surface area (Å²) in [5.74, 6) is 0.614. The lowest BCUT2D eigenvalue weighted by Crippen LogP contribution is -2.11. The van der Waals surface area contributed by atoms with E-state index in [1.807, 2.05) is 77.5 Å². The minimum atomic E-state index is -0.0621. The Labute approximate surface area is 173 Å². The number of carbonyl (C=O) groups is 1. The maximum Gasteiger partial charge on any atom is 0.202 e. The van der Waals surface area contributed by atoms with E-state index in [1.54, 1.807) is 6.07 Å². The molecule has 1 heterocycles. The van der Waals surface area contributed by atoms with Crippen LogP contribution in [0, 0.1) is 0 Å². The molecule has 0 fully saturated rings. The minimum Gasteiger partial charge on any atom is -0.485 e. The molecule has 0 saturated carbocycles. The van der Waals surface area contributed by atoms with Gasteiger partial charge < -0.3 is 9.30 Å². The Morgan fingerprint density at radius 2 is 1.64 bits per heavy atom. The highest BCUT2D eigenvalue weighted by molar-refractivity contribution is 6.42. The van der Waals surface area contributed by atoms with Crippen LogP contribution in [0.25, 0.3) is 10.9 Å². The molecule has 5 heteroatoms. The number of aromatic nitrogens is 1. The van der Waals surface area contributed by atoms with Gasteiger partial charge in [-0.3, -0.25) is 4.79 Å². The Bertz CT molecular complexity index is 1140. The first-order valence-corrected chi connectivity index (χ1v) is 9.60. The Morgan fingerprint density at radius 3 is 2.43 bits per heavy atom. The van der Waals surface area contributed by atoms with E-state index in [1.165, 1.54) is 0 Å². The molecule has 0 unspecified atom stereocenters. The van der Waals surface area contributed by atoms with Crippen molar-refractivity contribution in [3.63, 3.8) is 0 Å². The number of halogens is 2. The van der Waals surface area contributed by atoms with Crippen LogP contribution in [-0.2, 0) is 6.54 Å². The van der Waals surface area contributed by atoms with Crippen molar-refractivity contribution >= 4 is 39.9 Å². The molecule has 0 aliphatic carbocycles. The third kappa shape index (κ3) is 3.91. The molecule has 3 aromatic carbocycles. The predicted octanol–water partition coefficient (Wildman–Crippen LogP) is 6.26. The minimum absolute atomic E-state index is 0.00913. The normalized spacial score (nSPS) is 10.9. The smallest absolute Gasteiger partial charge is 0.202 e. The van der Waals surface area contributed by atoms with Crippen LogP contribution < -0.4 is 4.74 Å². The quantitative estimate of drug-likeness (QED) is 0.352. The number of para-hydroxylation sites is 2. The van der Waals surface area contributed by atoms with E-state index in [2.05, 4.69) is 0 Å². The number of carbonyl (C=O) groups excluding carboxylic acids is 1. The number of Topliss-reactive ketones (excluding diaryl/α,β-unsaturated/α-hetero) is 1. The van der Waals surface area contributed by atoms with Crippen molar-refractivity contribution in [2.24, 2.45) is 0 Å². The van der Waals surface area contributed by atoms with Crippen molar-refractivity contribution in [2.75, 3.05) is 6.61 Å². The third-order valence-electron chi connectivity index (χ3n) is 4.54. The van der Waals surface area contributed by atoms with Gasteiger partial charge in [-0.25, -0.2) is 0 Å². The lowest BCUT2D eigenvalue weighted by molar-refractivity contribution is 0.0923. The number of hydrogen-bond donors (Lipinski definition) is 0. The molecule has 1 aromatic heterocycles.